The SMILES string of the molecule is CC(C)(C)Cc1cc(-c2[c-]cccc2)nc[c]1[Ge]([CH3])([CH3])[CH3].CC(C)(c1ccnc(-c2[c-]ccc3c2oc2ccccc23)c1)C1CCCC1.[Ir]. The van der Waals surface area contributed by atoms with Crippen molar-refractivity contribution in [3.8, 4) is 22.5 Å². The van der Waals surface area contributed by atoms with Gasteiger partial charge in [0, 0.05) is 31.7 Å². The minimum atomic E-state index is -1.90. The molecule has 1 saturated carbocycles. The Labute approximate surface area is 310 Å². The second kappa shape index (κ2) is 15.1. The van der Waals surface area contributed by atoms with Gasteiger partial charge in [-0.05, 0) is 47.6 Å². The molecule has 0 aliphatic heterocycles. The van der Waals surface area contributed by atoms with Crippen molar-refractivity contribution in [2.24, 2.45) is 11.3 Å². The van der Waals surface area contributed by atoms with Crippen LogP contribution in [0.2, 0.25) is 17.3 Å². The third-order valence-electron chi connectivity index (χ3n) is 9.98. The van der Waals surface area contributed by atoms with E-state index in [1.807, 2.05) is 42.6 Å². The van der Waals surface area contributed by atoms with E-state index in [9.17, 15) is 0 Å². The summed E-state index contributed by atoms with van der Waals surface area (Å²) >= 11 is -1.90. The van der Waals surface area contributed by atoms with Gasteiger partial charge in [0.2, 0.25) is 0 Å². The van der Waals surface area contributed by atoms with Crippen LogP contribution < -0.4 is 4.40 Å². The van der Waals surface area contributed by atoms with Crippen LogP contribution >= 0.6 is 0 Å². The summed E-state index contributed by atoms with van der Waals surface area (Å²) in [6.07, 6.45) is 10.6. The molecule has 49 heavy (non-hydrogen) atoms. The molecule has 3 aromatic carbocycles. The van der Waals surface area contributed by atoms with Crippen LogP contribution in [0.3, 0.4) is 0 Å². The Morgan fingerprint density at radius 1 is 0.796 bits per heavy atom. The number of hydrogen-bond donors (Lipinski definition) is 0. The topological polar surface area (TPSA) is 38.9 Å². The Morgan fingerprint density at radius 2 is 1.53 bits per heavy atom. The van der Waals surface area contributed by atoms with Gasteiger partial charge in [-0.3, -0.25) is 0 Å². The second-order valence-corrected chi connectivity index (χ2v) is 26.9. The number of rotatable bonds is 6. The number of hydrogen-bond acceptors (Lipinski definition) is 3. The first-order valence-electron chi connectivity index (χ1n) is 17.6. The van der Waals surface area contributed by atoms with Crippen molar-refractivity contribution < 1.29 is 24.5 Å². The Hall–Kier alpha value is -3.05. The quantitative estimate of drug-likeness (QED) is 0.124. The molecule has 6 aromatic rings. The Kier molecular flexibility index (Phi) is 11.4. The maximum Gasteiger partial charge on any atom is 0.120 e. The van der Waals surface area contributed by atoms with Gasteiger partial charge in [-0.2, -0.15) is 0 Å². The maximum atomic E-state index is 6.19. The van der Waals surface area contributed by atoms with Crippen LogP contribution in [0.15, 0.2) is 95.7 Å². The van der Waals surface area contributed by atoms with Crippen molar-refractivity contribution in [1.29, 1.82) is 0 Å². The van der Waals surface area contributed by atoms with E-state index in [0.717, 1.165) is 56.8 Å². The fourth-order valence-corrected chi connectivity index (χ4v) is 10.6. The molecule has 1 aliphatic rings. The molecule has 5 heteroatoms. The summed E-state index contributed by atoms with van der Waals surface area (Å²) in [5.41, 5.74) is 9.12. The summed E-state index contributed by atoms with van der Waals surface area (Å²) in [5, 5.41) is 2.27. The van der Waals surface area contributed by atoms with Crippen LogP contribution in [0.4, 0.5) is 0 Å². The predicted octanol–water partition coefficient (Wildman–Crippen LogP) is 11.6. The van der Waals surface area contributed by atoms with E-state index >= 15 is 0 Å². The molecule has 1 fully saturated rings. The van der Waals surface area contributed by atoms with Crippen LogP contribution in [-0.4, -0.2) is 23.2 Å². The molecule has 0 bridgehead atoms. The van der Waals surface area contributed by atoms with E-state index in [-0.39, 0.29) is 25.5 Å². The largest absolute Gasteiger partial charge is 0.501 e. The van der Waals surface area contributed by atoms with Gasteiger partial charge in [0.15, 0.2) is 0 Å². The van der Waals surface area contributed by atoms with E-state index in [1.165, 1.54) is 41.2 Å². The molecule has 3 aromatic heterocycles. The molecule has 0 spiro atoms. The van der Waals surface area contributed by atoms with Crippen molar-refractivity contribution in [3.63, 3.8) is 0 Å². The van der Waals surface area contributed by atoms with Gasteiger partial charge in [-0.25, -0.2) is 0 Å². The monoisotopic (exact) mass is 889 g/mol. The summed E-state index contributed by atoms with van der Waals surface area (Å²) in [7, 11) is 0. The van der Waals surface area contributed by atoms with Crippen LogP contribution in [0.25, 0.3) is 44.5 Å². The van der Waals surface area contributed by atoms with Crippen LogP contribution in [0.5, 0.6) is 0 Å². The zero-order valence-electron chi connectivity index (χ0n) is 30.4. The van der Waals surface area contributed by atoms with Gasteiger partial charge in [0.1, 0.15) is 5.58 Å². The average Bonchev–Trinajstić information content (AvgIpc) is 3.74. The van der Waals surface area contributed by atoms with Gasteiger partial charge in [0.05, 0.1) is 5.58 Å². The van der Waals surface area contributed by atoms with E-state index < -0.39 is 13.3 Å². The van der Waals surface area contributed by atoms with E-state index in [1.54, 1.807) is 0 Å². The molecule has 257 valence electrons. The molecule has 3 heterocycles. The minimum absolute atomic E-state index is 0. The number of benzene rings is 3. The molecule has 3 nitrogen and oxygen atoms in total. The fraction of sp³-hybridized carbons (Fsp3) is 0.364. The molecule has 0 atom stereocenters. The number of pyridine rings is 2. The summed E-state index contributed by atoms with van der Waals surface area (Å²) in [6.45, 7) is 11.7. The molecular formula is C44H50GeIrN2O-2. The summed E-state index contributed by atoms with van der Waals surface area (Å²) in [5.74, 6) is 8.07. The van der Waals surface area contributed by atoms with Gasteiger partial charge in [-0.15, -0.1) is 18.2 Å². The average molecular weight is 888 g/mol. The predicted molar refractivity (Wildman–Crippen MR) is 205 cm³/mol. The molecule has 0 N–H and O–H groups in total. The summed E-state index contributed by atoms with van der Waals surface area (Å²) in [4.78, 5) is 9.40. The first kappa shape index (κ1) is 37.2. The van der Waals surface area contributed by atoms with Crippen LogP contribution in [-0.2, 0) is 31.9 Å². The molecule has 1 radical (unpaired) electrons. The van der Waals surface area contributed by atoms with E-state index in [4.69, 9.17) is 9.40 Å². The van der Waals surface area contributed by atoms with Gasteiger partial charge >= 0.3 is 132 Å². The van der Waals surface area contributed by atoms with Crippen LogP contribution in [0.1, 0.15) is 71.4 Å². The second-order valence-electron chi connectivity index (χ2n) is 16.3. The summed E-state index contributed by atoms with van der Waals surface area (Å²) < 4.78 is 7.72. The Bertz CT molecular complexity index is 2010. The van der Waals surface area contributed by atoms with Crippen molar-refractivity contribution in [2.45, 2.75) is 89.4 Å². The standard InChI is InChI=1S/C25H24NO.C19H26GeN.Ir/c1-25(2,17-8-3-4-9-17)18-14-15-26-22(16-18)21-12-7-11-20-19-10-5-6-13-23(19)27-24(20)21;1-19(2,3)13-16-12-18(15-10-8-7-9-11-15)21-14-17(16)20(4,5)6;/h5-7,10-11,13-17H,3-4,8-9H2,1-2H3;7-10,12,14H,13H2,1-6H3;/q2*-1;. The number of aromatic nitrogens is 2. The number of para-hydroxylation sites is 1. The van der Waals surface area contributed by atoms with Crippen molar-refractivity contribution in [2.75, 3.05) is 0 Å². The van der Waals surface area contributed by atoms with Crippen molar-refractivity contribution >= 4 is 39.6 Å². The first-order valence-corrected chi connectivity index (χ1v) is 24.9. The van der Waals surface area contributed by atoms with Crippen molar-refractivity contribution in [1.82, 2.24) is 9.97 Å². The molecule has 0 saturated heterocycles. The third-order valence-corrected chi connectivity index (χ3v) is 14.3. The molecule has 0 unspecified atom stereocenters. The zero-order valence-corrected chi connectivity index (χ0v) is 34.9. The molecule has 7 rings (SSSR count). The third kappa shape index (κ3) is 8.47. The van der Waals surface area contributed by atoms with Crippen molar-refractivity contribution in [3.05, 3.63) is 115 Å². The van der Waals surface area contributed by atoms with Gasteiger partial charge < -0.3 is 9.40 Å². The fourth-order valence-electron chi connectivity index (χ4n) is 7.32. The molecule has 0 amide bonds. The Balaban J connectivity index is 0.000000194. The number of nitrogens with zero attached hydrogens (tertiary/aromatic N) is 2. The summed E-state index contributed by atoms with van der Waals surface area (Å²) in [6, 6.07) is 33.7. The normalized spacial score (nSPS) is 14.0. The maximum absolute atomic E-state index is 6.19. The van der Waals surface area contributed by atoms with E-state index in [0.29, 0.717) is 5.41 Å². The molecular weight excluding hydrogens is 837 g/mol. The molecule has 1 aliphatic carbocycles. The first-order chi connectivity index (χ1) is 22.8. The smallest absolute Gasteiger partial charge is 0.120 e. The zero-order chi connectivity index (χ0) is 34.1. The van der Waals surface area contributed by atoms with Gasteiger partial charge in [-0.1, -0.05) is 61.9 Å². The van der Waals surface area contributed by atoms with Gasteiger partial charge in [0.25, 0.3) is 0 Å². The minimum Gasteiger partial charge on any atom is -0.501 e. The number of furan rings is 1. The van der Waals surface area contributed by atoms with E-state index in [2.05, 4.69) is 118 Å². The Morgan fingerprint density at radius 3 is 2.22 bits per heavy atom. The van der Waals surface area contributed by atoms with Crippen LogP contribution in [0, 0.1) is 23.5 Å². The number of fused-ring (bicyclic) bond motifs is 3.